The molecule has 0 radical (unpaired) electrons. The van der Waals surface area contributed by atoms with Crippen molar-refractivity contribution in [3.8, 4) is 22.5 Å². The quantitative estimate of drug-likeness (QED) is 0.184. The number of aromatic amines is 1. The predicted octanol–water partition coefficient (Wildman–Crippen LogP) is 6.31. The average molecular weight is 586 g/mol. The molecule has 9 heteroatoms. The highest BCUT2D eigenvalue weighted by atomic mass is 16.5. The summed E-state index contributed by atoms with van der Waals surface area (Å²) in [5.41, 5.74) is 8.61. The maximum Gasteiger partial charge on any atom is 0.251 e. The summed E-state index contributed by atoms with van der Waals surface area (Å²) in [4.78, 5) is 18.6. The van der Waals surface area contributed by atoms with Crippen molar-refractivity contribution in [2.45, 2.75) is 39.3 Å². The average Bonchev–Trinajstić information content (AvgIpc) is 3.71. The Labute approximate surface area is 256 Å². The minimum atomic E-state index is -0.256. The molecule has 222 valence electrons. The van der Waals surface area contributed by atoms with E-state index in [1.54, 1.807) is 7.11 Å². The highest BCUT2D eigenvalue weighted by molar-refractivity contribution is 5.98. The van der Waals surface area contributed by atoms with E-state index in [0.29, 0.717) is 24.5 Å². The van der Waals surface area contributed by atoms with Gasteiger partial charge in [-0.05, 0) is 58.5 Å². The van der Waals surface area contributed by atoms with E-state index in [9.17, 15) is 4.79 Å². The third-order valence-electron chi connectivity index (χ3n) is 7.82. The van der Waals surface area contributed by atoms with Gasteiger partial charge in [-0.2, -0.15) is 5.21 Å². The zero-order chi connectivity index (χ0) is 30.5. The third-order valence-corrected chi connectivity index (χ3v) is 7.82. The molecule has 0 aliphatic heterocycles. The van der Waals surface area contributed by atoms with Gasteiger partial charge in [-0.3, -0.25) is 4.79 Å². The number of carbonyl (C=O) groups excluding carboxylic acids is 1. The molecular formula is C35H35N7O2. The van der Waals surface area contributed by atoms with Crippen LogP contribution < -0.4 is 5.32 Å². The van der Waals surface area contributed by atoms with Crippen molar-refractivity contribution in [2.24, 2.45) is 0 Å². The predicted molar refractivity (Wildman–Crippen MR) is 171 cm³/mol. The topological polar surface area (TPSA) is 111 Å². The number of imidazole rings is 1. The summed E-state index contributed by atoms with van der Waals surface area (Å²) in [5.74, 6) is 1.43. The van der Waals surface area contributed by atoms with Gasteiger partial charge in [-0.1, -0.05) is 85.8 Å². The van der Waals surface area contributed by atoms with Gasteiger partial charge >= 0.3 is 0 Å². The fourth-order valence-corrected chi connectivity index (χ4v) is 5.66. The number of aromatic nitrogens is 6. The summed E-state index contributed by atoms with van der Waals surface area (Å²) < 4.78 is 7.67. The van der Waals surface area contributed by atoms with Crippen LogP contribution in [0.3, 0.4) is 0 Å². The molecule has 0 aliphatic rings. The summed E-state index contributed by atoms with van der Waals surface area (Å²) >= 11 is 0. The first-order valence-electron chi connectivity index (χ1n) is 14.8. The lowest BCUT2D eigenvalue weighted by molar-refractivity contribution is 0.0896. The Morgan fingerprint density at radius 2 is 1.73 bits per heavy atom. The van der Waals surface area contributed by atoms with Crippen LogP contribution in [0.1, 0.15) is 52.3 Å². The lowest BCUT2D eigenvalue weighted by atomic mass is 9.98. The standard InChI is InChI=1S/C35H35N7O2/c1-4-10-32-37-33-23(2)19-27(35(43)36-30(22-44-3)26-11-6-5-7-12-26)20-31(33)42(32)21-24-15-17-25(18-16-24)28-13-8-9-14-29(28)34-38-40-41-39-34/h5-9,11-20,30H,4,10,21-22H2,1-3H3,(H,36,43)(H,38,39,40,41)/t30-/m0/s1. The smallest absolute Gasteiger partial charge is 0.251 e. The van der Waals surface area contributed by atoms with Crippen LogP contribution in [0.5, 0.6) is 0 Å². The fourth-order valence-electron chi connectivity index (χ4n) is 5.66. The van der Waals surface area contributed by atoms with Crippen LogP contribution in [-0.2, 0) is 17.7 Å². The van der Waals surface area contributed by atoms with E-state index >= 15 is 0 Å². The normalized spacial score (nSPS) is 12.0. The van der Waals surface area contributed by atoms with Crippen molar-refractivity contribution in [1.82, 2.24) is 35.5 Å². The number of hydrogen-bond acceptors (Lipinski definition) is 6. The minimum Gasteiger partial charge on any atom is -0.382 e. The number of nitrogens with zero attached hydrogens (tertiary/aromatic N) is 5. The van der Waals surface area contributed by atoms with Crippen LogP contribution in [0.25, 0.3) is 33.5 Å². The number of carbonyl (C=O) groups is 1. The molecule has 0 fully saturated rings. The van der Waals surface area contributed by atoms with E-state index in [2.05, 4.69) is 67.8 Å². The molecule has 2 aromatic heterocycles. The summed E-state index contributed by atoms with van der Waals surface area (Å²) in [7, 11) is 1.64. The SMILES string of the molecule is CCCc1nc2c(C)cc(C(=O)N[C@@H](COC)c3ccccc3)cc2n1Cc1ccc(-c2ccccc2-c2nn[nH]n2)cc1. The van der Waals surface area contributed by atoms with E-state index in [1.165, 1.54) is 0 Å². The van der Waals surface area contributed by atoms with E-state index < -0.39 is 0 Å². The highest BCUT2D eigenvalue weighted by Gasteiger charge is 2.20. The van der Waals surface area contributed by atoms with Crippen molar-refractivity contribution in [3.63, 3.8) is 0 Å². The second kappa shape index (κ2) is 13.0. The second-order valence-corrected chi connectivity index (χ2v) is 10.9. The maximum atomic E-state index is 13.6. The molecule has 2 heterocycles. The first-order valence-corrected chi connectivity index (χ1v) is 14.8. The Balaban J connectivity index is 1.31. The Kier molecular flexibility index (Phi) is 8.56. The van der Waals surface area contributed by atoms with Crippen molar-refractivity contribution in [2.75, 3.05) is 13.7 Å². The molecule has 6 aromatic rings. The van der Waals surface area contributed by atoms with Gasteiger partial charge in [-0.25, -0.2) is 4.98 Å². The molecule has 6 rings (SSSR count). The molecular weight excluding hydrogens is 550 g/mol. The number of benzene rings is 4. The van der Waals surface area contributed by atoms with E-state index in [-0.39, 0.29) is 11.9 Å². The van der Waals surface area contributed by atoms with Gasteiger partial charge < -0.3 is 14.6 Å². The van der Waals surface area contributed by atoms with E-state index in [4.69, 9.17) is 9.72 Å². The van der Waals surface area contributed by atoms with Crippen LogP contribution in [0.4, 0.5) is 0 Å². The molecule has 0 saturated heterocycles. The summed E-state index contributed by atoms with van der Waals surface area (Å²) in [5, 5.41) is 17.8. The summed E-state index contributed by atoms with van der Waals surface area (Å²) in [6.07, 6.45) is 1.81. The van der Waals surface area contributed by atoms with Crippen LogP contribution in [0.15, 0.2) is 91.0 Å². The van der Waals surface area contributed by atoms with Crippen LogP contribution >= 0.6 is 0 Å². The van der Waals surface area contributed by atoms with Gasteiger partial charge in [0, 0.05) is 31.2 Å². The number of amides is 1. The molecule has 0 spiro atoms. The largest absolute Gasteiger partial charge is 0.382 e. The molecule has 44 heavy (non-hydrogen) atoms. The molecule has 1 amide bonds. The monoisotopic (exact) mass is 585 g/mol. The van der Waals surface area contributed by atoms with Gasteiger partial charge in [0.1, 0.15) is 5.82 Å². The number of ether oxygens (including phenoxy) is 1. The number of nitrogens with one attached hydrogen (secondary N) is 2. The molecule has 1 atom stereocenters. The molecule has 0 unspecified atom stereocenters. The van der Waals surface area contributed by atoms with Crippen molar-refractivity contribution < 1.29 is 9.53 Å². The zero-order valence-electron chi connectivity index (χ0n) is 25.1. The van der Waals surface area contributed by atoms with Crippen molar-refractivity contribution in [3.05, 3.63) is 119 Å². The Bertz CT molecular complexity index is 1860. The van der Waals surface area contributed by atoms with Gasteiger partial charge in [0.15, 0.2) is 0 Å². The first kappa shape index (κ1) is 28.9. The number of fused-ring (bicyclic) bond motifs is 1. The number of aryl methyl sites for hydroxylation is 2. The molecule has 0 aliphatic carbocycles. The van der Waals surface area contributed by atoms with Crippen LogP contribution in [0.2, 0.25) is 0 Å². The summed E-state index contributed by atoms with van der Waals surface area (Å²) in [6.45, 7) is 5.20. The van der Waals surface area contributed by atoms with E-state index in [1.807, 2.05) is 67.6 Å². The van der Waals surface area contributed by atoms with E-state index in [0.717, 1.165) is 63.1 Å². The fraction of sp³-hybridized carbons (Fsp3) is 0.229. The lowest BCUT2D eigenvalue weighted by Crippen LogP contribution is -2.31. The lowest BCUT2D eigenvalue weighted by Gasteiger charge is -2.19. The molecule has 2 N–H and O–H groups in total. The van der Waals surface area contributed by atoms with Crippen LogP contribution in [-0.4, -0.2) is 49.8 Å². The molecule has 9 nitrogen and oxygen atoms in total. The van der Waals surface area contributed by atoms with Gasteiger partial charge in [0.2, 0.25) is 5.82 Å². The number of hydrogen-bond donors (Lipinski definition) is 2. The Morgan fingerprint density at radius 3 is 2.43 bits per heavy atom. The Hall–Kier alpha value is -5.15. The number of tetrazole rings is 1. The zero-order valence-corrected chi connectivity index (χ0v) is 25.1. The highest BCUT2D eigenvalue weighted by Crippen LogP contribution is 2.30. The first-order chi connectivity index (χ1) is 21.6. The van der Waals surface area contributed by atoms with Gasteiger partial charge in [0.05, 0.1) is 23.7 Å². The minimum absolute atomic E-state index is 0.143. The maximum absolute atomic E-state index is 13.6. The number of H-pyrrole nitrogens is 1. The third kappa shape index (κ3) is 6.00. The van der Waals surface area contributed by atoms with Gasteiger partial charge in [-0.15, -0.1) is 10.2 Å². The molecule has 0 bridgehead atoms. The molecule has 0 saturated carbocycles. The van der Waals surface area contributed by atoms with Crippen LogP contribution in [0, 0.1) is 6.92 Å². The summed E-state index contributed by atoms with van der Waals surface area (Å²) in [6, 6.07) is 30.1. The Morgan fingerprint density at radius 1 is 0.977 bits per heavy atom. The van der Waals surface area contributed by atoms with Crippen molar-refractivity contribution >= 4 is 16.9 Å². The van der Waals surface area contributed by atoms with Gasteiger partial charge in [0.25, 0.3) is 5.91 Å². The molecule has 4 aromatic carbocycles. The van der Waals surface area contributed by atoms with Crippen molar-refractivity contribution in [1.29, 1.82) is 0 Å². The second-order valence-electron chi connectivity index (χ2n) is 10.9. The number of methoxy groups -OCH3 is 1. The number of rotatable bonds is 11.